The van der Waals surface area contributed by atoms with Gasteiger partial charge in [-0.3, -0.25) is 4.79 Å². The van der Waals surface area contributed by atoms with Crippen LogP contribution in [0.2, 0.25) is 0 Å². The van der Waals surface area contributed by atoms with Gasteiger partial charge in [-0.2, -0.15) is 0 Å². The van der Waals surface area contributed by atoms with E-state index >= 15 is 0 Å². The Hall–Kier alpha value is -1.75. The predicted molar refractivity (Wildman–Crippen MR) is 82.8 cm³/mol. The Labute approximate surface area is 120 Å². The van der Waals surface area contributed by atoms with E-state index < -0.39 is 5.60 Å². The highest BCUT2D eigenvalue weighted by molar-refractivity contribution is 5.95. The van der Waals surface area contributed by atoms with Crippen LogP contribution in [0.3, 0.4) is 0 Å². The Balaban J connectivity index is 2.72. The smallest absolute Gasteiger partial charge is 0.251 e. The van der Waals surface area contributed by atoms with Crippen LogP contribution in [0.4, 0.5) is 11.4 Å². The molecule has 0 fully saturated rings. The lowest BCUT2D eigenvalue weighted by Gasteiger charge is -2.26. The molecule has 1 amide bonds. The van der Waals surface area contributed by atoms with Gasteiger partial charge >= 0.3 is 0 Å². The van der Waals surface area contributed by atoms with Crippen molar-refractivity contribution in [2.45, 2.75) is 32.8 Å². The molecule has 20 heavy (non-hydrogen) atoms. The molecule has 0 aliphatic carbocycles. The molecular formula is C15H25N3O2. The van der Waals surface area contributed by atoms with Crippen molar-refractivity contribution in [1.29, 1.82) is 0 Å². The molecule has 1 unspecified atom stereocenters. The Morgan fingerprint density at radius 1 is 1.45 bits per heavy atom. The molecule has 1 aromatic carbocycles. The van der Waals surface area contributed by atoms with E-state index in [0.29, 0.717) is 30.1 Å². The third-order valence-corrected chi connectivity index (χ3v) is 3.05. The van der Waals surface area contributed by atoms with Gasteiger partial charge in [0.15, 0.2) is 0 Å². The lowest BCUT2D eigenvalue weighted by atomic mass is 9.94. The SMILES string of the molecule is CNC(=O)c1ccc(NCC(C)(O)CC(C)C)c(N)c1. The van der Waals surface area contributed by atoms with Gasteiger partial charge in [0.1, 0.15) is 0 Å². The summed E-state index contributed by atoms with van der Waals surface area (Å²) in [6.07, 6.45) is 0.705. The Morgan fingerprint density at radius 3 is 2.60 bits per heavy atom. The highest BCUT2D eigenvalue weighted by atomic mass is 16.3. The maximum absolute atomic E-state index is 11.5. The fourth-order valence-corrected chi connectivity index (χ4v) is 2.25. The summed E-state index contributed by atoms with van der Waals surface area (Å²) in [6.45, 7) is 6.35. The van der Waals surface area contributed by atoms with Crippen LogP contribution in [0.25, 0.3) is 0 Å². The third-order valence-electron chi connectivity index (χ3n) is 3.05. The van der Waals surface area contributed by atoms with Crippen molar-refractivity contribution in [3.63, 3.8) is 0 Å². The fourth-order valence-electron chi connectivity index (χ4n) is 2.25. The molecule has 0 saturated carbocycles. The summed E-state index contributed by atoms with van der Waals surface area (Å²) in [5.41, 5.74) is 6.86. The minimum atomic E-state index is -0.792. The van der Waals surface area contributed by atoms with Crippen molar-refractivity contribution in [1.82, 2.24) is 5.32 Å². The molecule has 0 radical (unpaired) electrons. The van der Waals surface area contributed by atoms with E-state index in [2.05, 4.69) is 24.5 Å². The van der Waals surface area contributed by atoms with Crippen LogP contribution < -0.4 is 16.4 Å². The number of carbonyl (C=O) groups excluding carboxylic acids is 1. The number of hydrogen-bond donors (Lipinski definition) is 4. The molecule has 1 aromatic rings. The second-order valence-electron chi connectivity index (χ2n) is 5.83. The molecule has 5 heteroatoms. The van der Waals surface area contributed by atoms with Gasteiger partial charge in [-0.15, -0.1) is 0 Å². The first-order valence-electron chi connectivity index (χ1n) is 6.83. The largest absolute Gasteiger partial charge is 0.397 e. The monoisotopic (exact) mass is 279 g/mol. The molecule has 5 nitrogen and oxygen atoms in total. The van der Waals surface area contributed by atoms with Crippen LogP contribution in [0.15, 0.2) is 18.2 Å². The summed E-state index contributed by atoms with van der Waals surface area (Å²) >= 11 is 0. The Bertz CT molecular complexity index is 470. The highest BCUT2D eigenvalue weighted by Gasteiger charge is 2.21. The number of nitrogens with two attached hydrogens (primary N) is 1. The molecular weight excluding hydrogens is 254 g/mol. The molecule has 1 atom stereocenters. The fraction of sp³-hybridized carbons (Fsp3) is 0.533. The number of carbonyl (C=O) groups is 1. The first kappa shape index (κ1) is 16.3. The maximum Gasteiger partial charge on any atom is 0.251 e. The summed E-state index contributed by atoms with van der Waals surface area (Å²) < 4.78 is 0. The predicted octanol–water partition coefficient (Wildman–Crippen LogP) is 1.84. The van der Waals surface area contributed by atoms with Gasteiger partial charge in [-0.25, -0.2) is 0 Å². The van der Waals surface area contributed by atoms with E-state index in [0.717, 1.165) is 5.69 Å². The average Bonchev–Trinajstić information content (AvgIpc) is 2.34. The summed E-state index contributed by atoms with van der Waals surface area (Å²) in [7, 11) is 1.58. The average molecular weight is 279 g/mol. The van der Waals surface area contributed by atoms with Crippen molar-refractivity contribution in [3.8, 4) is 0 Å². The zero-order chi connectivity index (χ0) is 15.3. The molecule has 0 spiro atoms. The lowest BCUT2D eigenvalue weighted by molar-refractivity contribution is 0.0515. The van der Waals surface area contributed by atoms with E-state index in [1.165, 1.54) is 0 Å². The molecule has 0 aromatic heterocycles. The summed E-state index contributed by atoms with van der Waals surface area (Å²) in [6, 6.07) is 5.08. The van der Waals surface area contributed by atoms with Crippen LogP contribution >= 0.6 is 0 Å². The normalized spacial score (nSPS) is 13.9. The van der Waals surface area contributed by atoms with E-state index in [9.17, 15) is 9.90 Å². The van der Waals surface area contributed by atoms with Crippen LogP contribution in [0.1, 0.15) is 37.6 Å². The van der Waals surface area contributed by atoms with Crippen molar-refractivity contribution < 1.29 is 9.90 Å². The number of nitrogen functional groups attached to an aromatic ring is 1. The Morgan fingerprint density at radius 2 is 2.10 bits per heavy atom. The minimum Gasteiger partial charge on any atom is -0.397 e. The molecule has 1 rings (SSSR count). The number of anilines is 2. The molecule has 0 heterocycles. The number of amides is 1. The minimum absolute atomic E-state index is 0.171. The zero-order valence-electron chi connectivity index (χ0n) is 12.7. The van der Waals surface area contributed by atoms with Crippen molar-refractivity contribution >= 4 is 17.3 Å². The molecule has 0 bridgehead atoms. The molecule has 5 N–H and O–H groups in total. The van der Waals surface area contributed by atoms with Gasteiger partial charge in [-0.1, -0.05) is 13.8 Å². The molecule has 0 aliphatic rings. The standard InChI is InChI=1S/C15H25N3O2/c1-10(2)8-15(3,20)9-18-13-6-5-11(7-12(13)16)14(19)17-4/h5-7,10,18,20H,8-9,16H2,1-4H3,(H,17,19). The van der Waals surface area contributed by atoms with Crippen molar-refractivity contribution in [3.05, 3.63) is 23.8 Å². The second-order valence-corrected chi connectivity index (χ2v) is 5.83. The van der Waals surface area contributed by atoms with E-state index in [-0.39, 0.29) is 5.91 Å². The summed E-state index contributed by atoms with van der Waals surface area (Å²) in [5, 5.41) is 15.9. The van der Waals surface area contributed by atoms with E-state index in [4.69, 9.17) is 5.73 Å². The Kier molecular flexibility index (Phi) is 5.39. The van der Waals surface area contributed by atoms with Crippen LogP contribution in [-0.4, -0.2) is 30.2 Å². The second kappa shape index (κ2) is 6.61. The zero-order valence-corrected chi connectivity index (χ0v) is 12.7. The van der Waals surface area contributed by atoms with E-state index in [1.54, 1.807) is 32.2 Å². The van der Waals surface area contributed by atoms with Gasteiger partial charge in [0.25, 0.3) is 5.91 Å². The van der Waals surface area contributed by atoms with Crippen molar-refractivity contribution in [2.75, 3.05) is 24.6 Å². The summed E-state index contributed by atoms with van der Waals surface area (Å²) in [5.74, 6) is 0.245. The topological polar surface area (TPSA) is 87.4 Å². The number of hydrogen-bond acceptors (Lipinski definition) is 4. The first-order valence-corrected chi connectivity index (χ1v) is 6.83. The number of nitrogens with one attached hydrogen (secondary N) is 2. The first-order chi connectivity index (χ1) is 9.25. The van der Waals surface area contributed by atoms with Crippen LogP contribution in [0.5, 0.6) is 0 Å². The lowest BCUT2D eigenvalue weighted by Crippen LogP contribution is -2.35. The van der Waals surface area contributed by atoms with Gasteiger partial charge in [-0.05, 0) is 37.5 Å². The molecule has 112 valence electrons. The maximum atomic E-state index is 11.5. The summed E-state index contributed by atoms with van der Waals surface area (Å²) in [4.78, 5) is 11.5. The number of aliphatic hydroxyl groups is 1. The van der Waals surface area contributed by atoms with Crippen molar-refractivity contribution in [2.24, 2.45) is 5.92 Å². The van der Waals surface area contributed by atoms with Gasteiger partial charge in [0.2, 0.25) is 0 Å². The third kappa shape index (κ3) is 4.74. The van der Waals surface area contributed by atoms with Gasteiger partial charge < -0.3 is 21.5 Å². The molecule has 0 saturated heterocycles. The highest BCUT2D eigenvalue weighted by Crippen LogP contribution is 2.22. The van der Waals surface area contributed by atoms with Crippen LogP contribution in [-0.2, 0) is 0 Å². The van der Waals surface area contributed by atoms with Gasteiger partial charge in [0, 0.05) is 19.2 Å². The number of rotatable bonds is 6. The number of benzene rings is 1. The van der Waals surface area contributed by atoms with Gasteiger partial charge in [0.05, 0.1) is 17.0 Å². The molecule has 0 aliphatic heterocycles. The van der Waals surface area contributed by atoms with E-state index in [1.807, 2.05) is 0 Å². The quantitative estimate of drug-likeness (QED) is 0.598. The van der Waals surface area contributed by atoms with Crippen LogP contribution in [0, 0.1) is 5.92 Å².